The van der Waals surface area contributed by atoms with Crippen LogP contribution in [0.5, 0.6) is 17.2 Å². The predicted molar refractivity (Wildman–Crippen MR) is 110 cm³/mol. The summed E-state index contributed by atoms with van der Waals surface area (Å²) in [6.45, 7) is 1.98. The predicted octanol–water partition coefficient (Wildman–Crippen LogP) is 5.09. The number of imidazole rings is 1. The van der Waals surface area contributed by atoms with Crippen LogP contribution in [0.25, 0.3) is 11.0 Å². The Morgan fingerprint density at radius 3 is 2.67 bits per heavy atom. The third-order valence-electron chi connectivity index (χ3n) is 4.65. The number of rotatable bonds is 6. The topological polar surface area (TPSA) is 73.6 Å². The van der Waals surface area contributed by atoms with Crippen molar-refractivity contribution in [2.45, 2.75) is 13.5 Å². The first-order chi connectivity index (χ1) is 14.4. The fourth-order valence-electron chi connectivity index (χ4n) is 3.18. The molecule has 4 rings (SSSR count). The van der Waals surface area contributed by atoms with E-state index in [1.165, 1.54) is 24.3 Å². The number of nitrogens with zero attached hydrogens (tertiary/aromatic N) is 2. The molecule has 0 amide bonds. The molecular formula is C23H19FN2O4. The minimum Gasteiger partial charge on any atom is -0.486 e. The van der Waals surface area contributed by atoms with Crippen LogP contribution in [0.2, 0.25) is 0 Å². The van der Waals surface area contributed by atoms with Gasteiger partial charge in [-0.1, -0.05) is 6.07 Å². The van der Waals surface area contributed by atoms with Crippen molar-refractivity contribution >= 4 is 17.0 Å². The molecule has 0 aliphatic heterocycles. The highest BCUT2D eigenvalue weighted by Gasteiger charge is 2.11. The van der Waals surface area contributed by atoms with Gasteiger partial charge >= 0.3 is 5.97 Å². The second-order valence-corrected chi connectivity index (χ2v) is 6.93. The first kappa shape index (κ1) is 19.4. The maximum Gasteiger partial charge on any atom is 0.335 e. The van der Waals surface area contributed by atoms with Gasteiger partial charge in [-0.05, 0) is 55.0 Å². The minimum atomic E-state index is -1.01. The summed E-state index contributed by atoms with van der Waals surface area (Å²) in [5, 5.41) is 9.09. The first-order valence-electron chi connectivity index (χ1n) is 9.25. The van der Waals surface area contributed by atoms with Gasteiger partial charge in [0.2, 0.25) is 0 Å². The number of hydrogen-bond acceptors (Lipinski definition) is 4. The number of aromatic nitrogens is 2. The summed E-state index contributed by atoms with van der Waals surface area (Å²) in [5.74, 6) is 0.757. The van der Waals surface area contributed by atoms with Crippen molar-refractivity contribution in [3.8, 4) is 17.2 Å². The van der Waals surface area contributed by atoms with Crippen LogP contribution < -0.4 is 9.47 Å². The van der Waals surface area contributed by atoms with Crippen molar-refractivity contribution < 1.29 is 23.8 Å². The standard InChI is InChI=1S/C23H19FN2O4/c1-14-8-16(24)11-19(9-14)30-18-6-7-20-21(12-18)26(2)22(25-20)13-29-17-5-3-4-15(10-17)23(27)28/h3-12H,13H2,1-2H3,(H,27,28). The number of carboxylic acids is 1. The molecule has 0 spiro atoms. The van der Waals surface area contributed by atoms with Crippen LogP contribution in [-0.4, -0.2) is 20.6 Å². The third-order valence-corrected chi connectivity index (χ3v) is 4.65. The summed E-state index contributed by atoms with van der Waals surface area (Å²) >= 11 is 0. The molecule has 3 aromatic carbocycles. The van der Waals surface area contributed by atoms with Crippen LogP contribution in [0, 0.1) is 12.7 Å². The molecule has 0 atom stereocenters. The van der Waals surface area contributed by atoms with Crippen LogP contribution in [0.15, 0.2) is 60.7 Å². The van der Waals surface area contributed by atoms with Crippen molar-refractivity contribution in [1.29, 1.82) is 0 Å². The number of halogens is 1. The van der Waals surface area contributed by atoms with Crippen molar-refractivity contribution in [3.63, 3.8) is 0 Å². The quantitative estimate of drug-likeness (QED) is 0.483. The van der Waals surface area contributed by atoms with Gasteiger partial charge in [-0.25, -0.2) is 14.2 Å². The van der Waals surface area contributed by atoms with E-state index in [1.54, 1.807) is 31.2 Å². The zero-order valence-corrected chi connectivity index (χ0v) is 16.4. The van der Waals surface area contributed by atoms with Crippen LogP contribution in [-0.2, 0) is 13.7 Å². The van der Waals surface area contributed by atoms with Crippen LogP contribution in [0.1, 0.15) is 21.7 Å². The minimum absolute atomic E-state index is 0.159. The van der Waals surface area contributed by atoms with Gasteiger partial charge in [-0.2, -0.15) is 0 Å². The van der Waals surface area contributed by atoms with E-state index in [-0.39, 0.29) is 18.0 Å². The Balaban J connectivity index is 1.55. The molecule has 1 N–H and O–H groups in total. The van der Waals surface area contributed by atoms with E-state index in [1.807, 2.05) is 23.7 Å². The second-order valence-electron chi connectivity index (χ2n) is 6.93. The van der Waals surface area contributed by atoms with E-state index >= 15 is 0 Å². The molecule has 0 radical (unpaired) electrons. The second kappa shape index (κ2) is 7.87. The van der Waals surface area contributed by atoms with Gasteiger partial charge < -0.3 is 19.1 Å². The Kier molecular flexibility index (Phi) is 5.10. The molecular weight excluding hydrogens is 387 g/mol. The monoisotopic (exact) mass is 406 g/mol. The summed E-state index contributed by atoms with van der Waals surface area (Å²) in [5.41, 5.74) is 2.53. The molecule has 7 heteroatoms. The Bertz CT molecular complexity index is 1230. The Morgan fingerprint density at radius 1 is 1.07 bits per heavy atom. The molecule has 1 heterocycles. The fraction of sp³-hybridized carbons (Fsp3) is 0.130. The van der Waals surface area contributed by atoms with Gasteiger partial charge in [-0.15, -0.1) is 0 Å². The summed E-state index contributed by atoms with van der Waals surface area (Å²) in [4.78, 5) is 15.7. The summed E-state index contributed by atoms with van der Waals surface area (Å²) < 4.78 is 27.0. The first-order valence-corrected chi connectivity index (χ1v) is 9.25. The van der Waals surface area contributed by atoms with E-state index < -0.39 is 5.97 Å². The highest BCUT2D eigenvalue weighted by molar-refractivity contribution is 5.88. The van der Waals surface area contributed by atoms with Gasteiger partial charge in [0.1, 0.15) is 35.5 Å². The number of aryl methyl sites for hydroxylation is 2. The number of carbonyl (C=O) groups is 1. The lowest BCUT2D eigenvalue weighted by Gasteiger charge is -2.08. The average Bonchev–Trinajstić information content (AvgIpc) is 3.01. The highest BCUT2D eigenvalue weighted by atomic mass is 19.1. The number of aromatic carboxylic acids is 1. The molecule has 0 aliphatic rings. The average molecular weight is 406 g/mol. The molecule has 0 unspecified atom stereocenters. The number of fused-ring (bicyclic) bond motifs is 1. The van der Waals surface area contributed by atoms with Gasteiger partial charge in [-0.3, -0.25) is 0 Å². The number of hydrogen-bond donors (Lipinski definition) is 1. The summed E-state index contributed by atoms with van der Waals surface area (Å²) in [7, 11) is 1.86. The SMILES string of the molecule is Cc1cc(F)cc(Oc2ccc3nc(COc4cccc(C(=O)O)c4)n(C)c3c2)c1. The smallest absolute Gasteiger partial charge is 0.335 e. The van der Waals surface area contributed by atoms with E-state index in [2.05, 4.69) is 4.98 Å². The fourth-order valence-corrected chi connectivity index (χ4v) is 3.18. The molecule has 0 saturated heterocycles. The third kappa shape index (κ3) is 4.10. The summed E-state index contributed by atoms with van der Waals surface area (Å²) in [6, 6.07) is 16.3. The largest absolute Gasteiger partial charge is 0.486 e. The lowest BCUT2D eigenvalue weighted by Crippen LogP contribution is -2.04. The van der Waals surface area contributed by atoms with Crippen LogP contribution in [0.4, 0.5) is 4.39 Å². The Hall–Kier alpha value is -3.87. The zero-order chi connectivity index (χ0) is 21.3. The van der Waals surface area contributed by atoms with Gasteiger partial charge in [0.05, 0.1) is 16.6 Å². The Labute approximate surface area is 172 Å². The van der Waals surface area contributed by atoms with Gasteiger partial charge in [0.25, 0.3) is 0 Å². The normalized spacial score (nSPS) is 10.9. The molecule has 0 aliphatic carbocycles. The van der Waals surface area contributed by atoms with E-state index in [9.17, 15) is 9.18 Å². The van der Waals surface area contributed by atoms with Crippen molar-refractivity contribution in [3.05, 3.63) is 83.4 Å². The van der Waals surface area contributed by atoms with Gasteiger partial charge in [0, 0.05) is 19.2 Å². The molecule has 6 nitrogen and oxygen atoms in total. The molecule has 0 bridgehead atoms. The molecule has 4 aromatic rings. The number of benzene rings is 3. The molecule has 0 fully saturated rings. The lowest BCUT2D eigenvalue weighted by atomic mass is 10.2. The van der Waals surface area contributed by atoms with E-state index in [0.29, 0.717) is 23.1 Å². The molecule has 0 saturated carbocycles. The Morgan fingerprint density at radius 2 is 1.90 bits per heavy atom. The molecule has 1 aromatic heterocycles. The molecule has 152 valence electrons. The summed E-state index contributed by atoms with van der Waals surface area (Å²) in [6.07, 6.45) is 0. The van der Waals surface area contributed by atoms with E-state index in [4.69, 9.17) is 14.6 Å². The van der Waals surface area contributed by atoms with E-state index in [0.717, 1.165) is 16.6 Å². The van der Waals surface area contributed by atoms with Crippen LogP contribution >= 0.6 is 0 Å². The highest BCUT2D eigenvalue weighted by Crippen LogP contribution is 2.27. The van der Waals surface area contributed by atoms with Gasteiger partial charge in [0.15, 0.2) is 0 Å². The zero-order valence-electron chi connectivity index (χ0n) is 16.4. The van der Waals surface area contributed by atoms with Crippen LogP contribution in [0.3, 0.4) is 0 Å². The van der Waals surface area contributed by atoms with Crippen molar-refractivity contribution in [2.24, 2.45) is 7.05 Å². The maximum absolute atomic E-state index is 13.6. The number of ether oxygens (including phenoxy) is 2. The maximum atomic E-state index is 13.6. The van der Waals surface area contributed by atoms with Crippen molar-refractivity contribution in [2.75, 3.05) is 0 Å². The lowest BCUT2D eigenvalue weighted by molar-refractivity contribution is 0.0696. The number of carboxylic acid groups (broad SMARTS) is 1. The molecule has 30 heavy (non-hydrogen) atoms. The van der Waals surface area contributed by atoms with Crippen molar-refractivity contribution in [1.82, 2.24) is 9.55 Å².